The van der Waals surface area contributed by atoms with E-state index in [1.165, 1.54) is 12.8 Å². The number of nitrogens with zero attached hydrogens (tertiary/aromatic N) is 3. The highest BCUT2D eigenvalue weighted by Gasteiger charge is 2.20. The van der Waals surface area contributed by atoms with Crippen LogP contribution in [0.5, 0.6) is 0 Å². The lowest BCUT2D eigenvalue weighted by Crippen LogP contribution is -2.43. The normalized spacial score (nSPS) is 20.0. The van der Waals surface area contributed by atoms with Gasteiger partial charge < -0.3 is 14.3 Å². The van der Waals surface area contributed by atoms with Crippen molar-refractivity contribution in [2.45, 2.75) is 25.4 Å². The number of furan rings is 1. The molecule has 102 valence electrons. The summed E-state index contributed by atoms with van der Waals surface area (Å²) in [5, 5.41) is 7.34. The third kappa shape index (κ3) is 2.85. The maximum Gasteiger partial charge on any atom is 0.241 e. The Hall–Kier alpha value is -1.66. The molecule has 0 amide bonds. The second-order valence-electron chi connectivity index (χ2n) is 4.90. The molecule has 19 heavy (non-hydrogen) atoms. The third-order valence-corrected chi connectivity index (χ3v) is 3.49. The van der Waals surface area contributed by atoms with E-state index in [4.69, 9.17) is 8.94 Å². The first-order valence-electron chi connectivity index (χ1n) is 6.60. The Bertz CT molecular complexity index is 502. The summed E-state index contributed by atoms with van der Waals surface area (Å²) < 4.78 is 10.5. The van der Waals surface area contributed by atoms with Gasteiger partial charge in [-0.3, -0.25) is 4.90 Å². The van der Waals surface area contributed by atoms with Gasteiger partial charge in [0, 0.05) is 12.6 Å². The molecule has 1 aliphatic rings. The van der Waals surface area contributed by atoms with E-state index in [0.717, 1.165) is 13.1 Å². The minimum Gasteiger partial charge on any atom is -0.461 e. The van der Waals surface area contributed by atoms with E-state index in [-0.39, 0.29) is 0 Å². The minimum atomic E-state index is 0.509. The largest absolute Gasteiger partial charge is 0.461 e. The van der Waals surface area contributed by atoms with Gasteiger partial charge in [-0.05, 0) is 38.6 Å². The van der Waals surface area contributed by atoms with E-state index in [1.807, 2.05) is 12.1 Å². The summed E-state index contributed by atoms with van der Waals surface area (Å²) in [4.78, 5) is 6.61. The van der Waals surface area contributed by atoms with E-state index in [2.05, 4.69) is 27.4 Å². The van der Waals surface area contributed by atoms with Crippen LogP contribution >= 0.6 is 0 Å². The fourth-order valence-electron chi connectivity index (χ4n) is 2.38. The molecule has 0 aromatic carbocycles. The van der Waals surface area contributed by atoms with Crippen LogP contribution in [-0.2, 0) is 6.54 Å². The number of likely N-dealkylation sites (N-methyl/N-ethyl adjacent to an activating group) is 1. The van der Waals surface area contributed by atoms with Gasteiger partial charge in [0.25, 0.3) is 0 Å². The maximum atomic E-state index is 5.27. The molecule has 1 unspecified atom stereocenters. The average molecular weight is 262 g/mol. The zero-order valence-corrected chi connectivity index (χ0v) is 11.0. The predicted molar refractivity (Wildman–Crippen MR) is 69.4 cm³/mol. The van der Waals surface area contributed by atoms with Crippen LogP contribution in [0.25, 0.3) is 11.6 Å². The molecular weight excluding hydrogens is 244 g/mol. The van der Waals surface area contributed by atoms with Crippen LogP contribution in [-0.4, -0.2) is 41.2 Å². The van der Waals surface area contributed by atoms with Gasteiger partial charge in [0.2, 0.25) is 11.7 Å². The van der Waals surface area contributed by atoms with Gasteiger partial charge in [-0.25, -0.2) is 0 Å². The molecule has 6 heteroatoms. The van der Waals surface area contributed by atoms with Crippen LogP contribution in [0.1, 0.15) is 18.7 Å². The summed E-state index contributed by atoms with van der Waals surface area (Å²) in [6, 6.07) is 4.17. The highest BCUT2D eigenvalue weighted by molar-refractivity contribution is 5.44. The molecule has 0 spiro atoms. The summed E-state index contributed by atoms with van der Waals surface area (Å²) in [6.45, 7) is 2.81. The van der Waals surface area contributed by atoms with Gasteiger partial charge in [0.1, 0.15) is 0 Å². The summed E-state index contributed by atoms with van der Waals surface area (Å²) in [7, 11) is 2.09. The molecule has 0 aliphatic carbocycles. The van der Waals surface area contributed by atoms with Gasteiger partial charge in [-0.2, -0.15) is 4.98 Å². The highest BCUT2D eigenvalue weighted by Crippen LogP contribution is 2.17. The molecule has 0 saturated carbocycles. The standard InChI is InChI=1S/C13H18N4O2/c1-17(10-4-2-6-14-8-10)9-12-15-13(16-19-12)11-5-3-7-18-11/h3,5,7,10,14H,2,4,6,8-9H2,1H3. The first-order chi connectivity index (χ1) is 9.33. The molecule has 1 atom stereocenters. The van der Waals surface area contributed by atoms with Gasteiger partial charge in [-0.15, -0.1) is 0 Å². The molecule has 1 saturated heterocycles. The van der Waals surface area contributed by atoms with E-state index in [0.29, 0.717) is 30.1 Å². The van der Waals surface area contributed by atoms with Crippen LogP contribution in [0.15, 0.2) is 27.3 Å². The summed E-state index contributed by atoms with van der Waals surface area (Å²) in [6.07, 6.45) is 4.03. The second-order valence-corrected chi connectivity index (χ2v) is 4.90. The lowest BCUT2D eigenvalue weighted by Gasteiger charge is -2.30. The molecule has 1 N–H and O–H groups in total. The molecule has 1 fully saturated rings. The number of nitrogens with one attached hydrogen (secondary N) is 1. The highest BCUT2D eigenvalue weighted by atomic mass is 16.5. The van der Waals surface area contributed by atoms with E-state index in [1.54, 1.807) is 6.26 Å². The van der Waals surface area contributed by atoms with Crippen molar-refractivity contribution in [1.29, 1.82) is 0 Å². The van der Waals surface area contributed by atoms with Crippen LogP contribution in [0.4, 0.5) is 0 Å². The van der Waals surface area contributed by atoms with Crippen molar-refractivity contribution in [2.24, 2.45) is 0 Å². The van der Waals surface area contributed by atoms with Crippen molar-refractivity contribution in [1.82, 2.24) is 20.4 Å². The Labute approximate surface area is 111 Å². The molecule has 3 rings (SSSR count). The Morgan fingerprint density at radius 3 is 3.21 bits per heavy atom. The van der Waals surface area contributed by atoms with Crippen LogP contribution in [0.2, 0.25) is 0 Å². The van der Waals surface area contributed by atoms with Gasteiger partial charge >= 0.3 is 0 Å². The van der Waals surface area contributed by atoms with Crippen molar-refractivity contribution in [3.63, 3.8) is 0 Å². The molecule has 3 heterocycles. The fourth-order valence-corrected chi connectivity index (χ4v) is 2.38. The van der Waals surface area contributed by atoms with Crippen LogP contribution < -0.4 is 5.32 Å². The van der Waals surface area contributed by atoms with Gasteiger partial charge in [0.15, 0.2) is 5.76 Å². The van der Waals surface area contributed by atoms with Gasteiger partial charge in [-0.1, -0.05) is 5.16 Å². The van der Waals surface area contributed by atoms with Crippen molar-refractivity contribution >= 4 is 0 Å². The zero-order chi connectivity index (χ0) is 13.1. The molecular formula is C13H18N4O2. The SMILES string of the molecule is CN(Cc1nc(-c2ccco2)no1)C1CCCNC1. The van der Waals surface area contributed by atoms with E-state index in [9.17, 15) is 0 Å². The Morgan fingerprint density at radius 1 is 1.53 bits per heavy atom. The molecule has 0 bridgehead atoms. The predicted octanol–water partition coefficient (Wildman–Crippen LogP) is 1.51. The lowest BCUT2D eigenvalue weighted by molar-refractivity contribution is 0.174. The molecule has 2 aromatic rings. The topological polar surface area (TPSA) is 67.3 Å². The first-order valence-corrected chi connectivity index (χ1v) is 6.60. The fraction of sp³-hybridized carbons (Fsp3) is 0.538. The molecule has 1 aliphatic heterocycles. The quantitative estimate of drug-likeness (QED) is 0.901. The molecule has 2 aromatic heterocycles. The molecule has 6 nitrogen and oxygen atoms in total. The number of hydrogen-bond donors (Lipinski definition) is 1. The number of rotatable bonds is 4. The van der Waals surface area contributed by atoms with Crippen molar-refractivity contribution in [2.75, 3.05) is 20.1 Å². The average Bonchev–Trinajstić information content (AvgIpc) is 3.10. The number of piperidine rings is 1. The monoisotopic (exact) mass is 262 g/mol. The Kier molecular flexibility index (Phi) is 3.61. The Balaban J connectivity index is 1.63. The minimum absolute atomic E-state index is 0.509. The van der Waals surface area contributed by atoms with Crippen LogP contribution in [0.3, 0.4) is 0 Å². The number of aromatic nitrogens is 2. The number of hydrogen-bond acceptors (Lipinski definition) is 6. The maximum absolute atomic E-state index is 5.27. The molecule has 0 radical (unpaired) electrons. The third-order valence-electron chi connectivity index (χ3n) is 3.49. The first kappa shape index (κ1) is 12.4. The lowest BCUT2D eigenvalue weighted by atomic mass is 10.1. The summed E-state index contributed by atoms with van der Waals surface area (Å²) in [5.41, 5.74) is 0. The van der Waals surface area contributed by atoms with E-state index >= 15 is 0 Å². The van der Waals surface area contributed by atoms with Crippen molar-refractivity contribution in [3.8, 4) is 11.6 Å². The van der Waals surface area contributed by atoms with Crippen LogP contribution in [0, 0.1) is 0 Å². The zero-order valence-electron chi connectivity index (χ0n) is 11.0. The second kappa shape index (κ2) is 5.54. The summed E-state index contributed by atoms with van der Waals surface area (Å²) in [5.74, 6) is 1.77. The van der Waals surface area contributed by atoms with Gasteiger partial charge in [0.05, 0.1) is 12.8 Å². The van der Waals surface area contributed by atoms with E-state index < -0.39 is 0 Å². The van der Waals surface area contributed by atoms with Crippen molar-refractivity contribution in [3.05, 3.63) is 24.3 Å². The van der Waals surface area contributed by atoms with Crippen molar-refractivity contribution < 1.29 is 8.94 Å². The Morgan fingerprint density at radius 2 is 2.47 bits per heavy atom. The summed E-state index contributed by atoms with van der Waals surface area (Å²) >= 11 is 0. The smallest absolute Gasteiger partial charge is 0.241 e.